The number of aromatic nitrogens is 3. The van der Waals surface area contributed by atoms with Crippen LogP contribution in [-0.4, -0.2) is 24.8 Å². The third kappa shape index (κ3) is 4.83. The molecule has 3 N–H and O–H groups in total. The Kier molecular flexibility index (Phi) is 6.24. The maximum Gasteiger partial charge on any atom is 0.353 e. The van der Waals surface area contributed by atoms with Crippen LogP contribution in [0.5, 0.6) is 5.75 Å². The van der Waals surface area contributed by atoms with E-state index in [2.05, 4.69) is 10.2 Å². The van der Waals surface area contributed by atoms with E-state index in [-0.39, 0.29) is 24.5 Å². The number of rotatable bonds is 6. The lowest BCUT2D eigenvalue weighted by Gasteiger charge is -2.13. The van der Waals surface area contributed by atoms with Gasteiger partial charge < -0.3 is 10.9 Å². The lowest BCUT2D eigenvalue weighted by Crippen LogP contribution is -2.57. The van der Waals surface area contributed by atoms with E-state index in [0.717, 1.165) is 15.7 Å². The molecular formula is C20H20N6O5. The molecule has 11 nitrogen and oxygen atoms in total. The first kappa shape index (κ1) is 21.4. The Morgan fingerprint density at radius 1 is 1.00 bits per heavy atom. The molecule has 0 bridgehead atoms. The highest BCUT2D eigenvalue weighted by Gasteiger charge is 2.15. The van der Waals surface area contributed by atoms with E-state index in [0.29, 0.717) is 10.4 Å². The zero-order valence-electron chi connectivity index (χ0n) is 16.6. The highest BCUT2D eigenvalue weighted by atomic mass is 16.3. The van der Waals surface area contributed by atoms with Gasteiger partial charge in [0.2, 0.25) is 5.62 Å². The Morgan fingerprint density at radius 3 is 2.26 bits per heavy atom. The molecule has 0 spiro atoms. The van der Waals surface area contributed by atoms with Crippen LogP contribution < -0.4 is 22.8 Å². The van der Waals surface area contributed by atoms with Crippen molar-refractivity contribution in [2.75, 3.05) is 5.84 Å². The van der Waals surface area contributed by atoms with E-state index in [4.69, 9.17) is 5.84 Å². The summed E-state index contributed by atoms with van der Waals surface area (Å²) >= 11 is 0. The third-order valence-corrected chi connectivity index (χ3v) is 4.55. The maximum atomic E-state index is 13.1. The highest BCUT2D eigenvalue weighted by Crippen LogP contribution is 2.15. The van der Waals surface area contributed by atoms with E-state index >= 15 is 0 Å². The molecule has 11 heteroatoms. The number of phenolic OH excluding ortho intramolecular Hbond substituents is 1. The van der Waals surface area contributed by atoms with Crippen LogP contribution in [0.1, 0.15) is 17.5 Å². The predicted octanol–water partition coefficient (Wildman–Crippen LogP) is 0.503. The average Bonchev–Trinajstić information content (AvgIpc) is 2.77. The van der Waals surface area contributed by atoms with E-state index in [9.17, 15) is 24.4 Å². The van der Waals surface area contributed by atoms with Crippen LogP contribution >= 0.6 is 0 Å². The van der Waals surface area contributed by atoms with Crippen LogP contribution in [0.4, 0.5) is 5.69 Å². The van der Waals surface area contributed by atoms with Gasteiger partial charge in [-0.15, -0.1) is 4.91 Å². The second-order valence-corrected chi connectivity index (χ2v) is 6.82. The first-order valence-corrected chi connectivity index (χ1v) is 9.27. The van der Waals surface area contributed by atoms with Crippen LogP contribution in [0, 0.1) is 11.8 Å². The van der Waals surface area contributed by atoms with Crippen LogP contribution in [0.25, 0.3) is 0 Å². The Bertz CT molecular complexity index is 1300. The fourth-order valence-corrected chi connectivity index (χ4v) is 2.87. The first-order chi connectivity index (χ1) is 14.8. The van der Waals surface area contributed by atoms with Crippen molar-refractivity contribution in [3.05, 3.63) is 91.2 Å². The smallest absolute Gasteiger partial charge is 0.353 e. The quantitative estimate of drug-likeness (QED) is 0.434. The number of nitroso groups, excluding NO2 is 1. The Labute approximate surface area is 175 Å². The summed E-state index contributed by atoms with van der Waals surface area (Å²) in [5.74, 6) is 5.00. The van der Waals surface area contributed by atoms with E-state index in [1.807, 2.05) is 31.2 Å². The fourth-order valence-electron chi connectivity index (χ4n) is 2.87. The van der Waals surface area contributed by atoms with Gasteiger partial charge in [0.1, 0.15) is 5.75 Å². The van der Waals surface area contributed by atoms with Gasteiger partial charge in [0.25, 0.3) is 5.91 Å². The van der Waals surface area contributed by atoms with Crippen LogP contribution in [0.2, 0.25) is 0 Å². The lowest BCUT2D eigenvalue weighted by atomic mass is 10.1. The number of benzene rings is 2. The number of nitrogens with zero attached hydrogens (tertiary/aromatic N) is 5. The van der Waals surface area contributed by atoms with E-state index in [1.54, 1.807) is 0 Å². The van der Waals surface area contributed by atoms with E-state index in [1.165, 1.54) is 28.8 Å². The zero-order valence-corrected chi connectivity index (χ0v) is 16.6. The van der Waals surface area contributed by atoms with E-state index < -0.39 is 23.7 Å². The number of carbonyl (C=O) groups is 1. The number of hydrogen-bond donors (Lipinski definition) is 2. The molecule has 0 aliphatic heterocycles. The predicted molar refractivity (Wildman–Crippen MR) is 112 cm³/mol. The zero-order chi connectivity index (χ0) is 22.5. The number of hydrogen-bond acceptors (Lipinski definition) is 7. The topological polar surface area (TPSA) is 154 Å². The molecule has 0 saturated carbocycles. The molecule has 0 unspecified atom stereocenters. The van der Waals surface area contributed by atoms with Crippen molar-refractivity contribution in [2.45, 2.75) is 26.4 Å². The van der Waals surface area contributed by atoms with Gasteiger partial charge in [0.15, 0.2) is 0 Å². The monoisotopic (exact) mass is 424 g/mol. The number of aromatic hydroxyl groups is 1. The number of amides is 1. The van der Waals surface area contributed by atoms with Gasteiger partial charge in [-0.05, 0) is 36.8 Å². The van der Waals surface area contributed by atoms with Gasteiger partial charge in [0, 0.05) is 11.7 Å². The Hall–Kier alpha value is -4.28. The first-order valence-electron chi connectivity index (χ1n) is 9.27. The molecule has 2 aromatic carbocycles. The van der Waals surface area contributed by atoms with Gasteiger partial charge >= 0.3 is 11.4 Å². The summed E-state index contributed by atoms with van der Waals surface area (Å²) in [4.78, 5) is 51.7. The summed E-state index contributed by atoms with van der Waals surface area (Å²) in [6.45, 7) is 1.62. The standard InChI is InChI=1S/C20H20N6O5/c1-13-2-4-14(5-3-13)12-25-18(22-15-6-8-16(27)9-7-15)26(21)20(30)24(19(25)29)11-10-17(28)23-31/h2-9,27H,10-12,21H2,1H3. The molecule has 1 heterocycles. The molecule has 0 atom stereocenters. The SMILES string of the molecule is Cc1ccc(Cn2c(=Nc3ccc(O)cc3)n(N)c(=O)n(CCC(=O)N=O)c2=O)cc1. The lowest BCUT2D eigenvalue weighted by molar-refractivity contribution is -0.118. The molecule has 3 rings (SSSR count). The molecule has 0 radical (unpaired) electrons. The third-order valence-electron chi connectivity index (χ3n) is 4.55. The Balaban J connectivity index is 2.22. The molecular weight excluding hydrogens is 404 g/mol. The molecule has 160 valence electrons. The fraction of sp³-hybridized carbons (Fsp3) is 0.200. The minimum atomic E-state index is -0.988. The van der Waals surface area contributed by atoms with Crippen molar-refractivity contribution in [1.29, 1.82) is 0 Å². The van der Waals surface area contributed by atoms with Gasteiger partial charge in [-0.25, -0.2) is 19.1 Å². The minimum absolute atomic E-state index is 0.0282. The summed E-state index contributed by atoms with van der Waals surface area (Å²) in [6, 6.07) is 13.2. The van der Waals surface area contributed by atoms with Crippen molar-refractivity contribution >= 4 is 11.6 Å². The largest absolute Gasteiger partial charge is 0.508 e. The summed E-state index contributed by atoms with van der Waals surface area (Å²) < 4.78 is 2.64. The van der Waals surface area contributed by atoms with Gasteiger partial charge in [-0.3, -0.25) is 9.36 Å². The van der Waals surface area contributed by atoms with Crippen molar-refractivity contribution in [3.63, 3.8) is 0 Å². The number of nitrogens with two attached hydrogens (primary N) is 1. The second kappa shape index (κ2) is 9.03. The Morgan fingerprint density at radius 2 is 1.65 bits per heavy atom. The number of phenols is 1. The molecule has 3 aromatic rings. The van der Waals surface area contributed by atoms with Gasteiger partial charge in [-0.2, -0.15) is 4.68 Å². The summed E-state index contributed by atoms with van der Waals surface area (Å²) in [5, 5.41) is 11.7. The van der Waals surface area contributed by atoms with Crippen LogP contribution in [0.15, 0.2) is 68.3 Å². The van der Waals surface area contributed by atoms with Gasteiger partial charge in [0.05, 0.1) is 18.7 Å². The van der Waals surface area contributed by atoms with Crippen molar-refractivity contribution in [3.8, 4) is 5.75 Å². The molecule has 0 aliphatic carbocycles. The average molecular weight is 424 g/mol. The number of nitrogen functional groups attached to an aromatic ring is 1. The molecule has 1 aromatic heterocycles. The number of carbonyl (C=O) groups excluding carboxylic acids is 1. The highest BCUT2D eigenvalue weighted by molar-refractivity contribution is 5.76. The minimum Gasteiger partial charge on any atom is -0.508 e. The van der Waals surface area contributed by atoms with Crippen molar-refractivity contribution < 1.29 is 9.90 Å². The van der Waals surface area contributed by atoms with Crippen molar-refractivity contribution in [2.24, 2.45) is 10.2 Å². The van der Waals surface area contributed by atoms with Gasteiger partial charge in [-0.1, -0.05) is 29.8 Å². The molecule has 31 heavy (non-hydrogen) atoms. The summed E-state index contributed by atoms with van der Waals surface area (Å²) in [5.41, 5.74) is 0.364. The normalized spacial score (nSPS) is 11.5. The van der Waals surface area contributed by atoms with Crippen molar-refractivity contribution in [1.82, 2.24) is 13.8 Å². The molecule has 0 fully saturated rings. The molecule has 1 amide bonds. The summed E-state index contributed by atoms with van der Waals surface area (Å²) in [6.07, 6.45) is -0.419. The summed E-state index contributed by atoms with van der Waals surface area (Å²) in [7, 11) is 0. The second-order valence-electron chi connectivity index (χ2n) is 6.82. The van der Waals surface area contributed by atoms with Crippen LogP contribution in [0.3, 0.4) is 0 Å². The molecule has 0 saturated heterocycles. The number of aryl methyl sites for hydroxylation is 1. The molecule has 0 aliphatic rings. The maximum absolute atomic E-state index is 13.1. The van der Waals surface area contributed by atoms with Crippen LogP contribution in [-0.2, 0) is 17.9 Å².